The van der Waals surface area contributed by atoms with Gasteiger partial charge in [-0.2, -0.15) is 0 Å². The monoisotopic (exact) mass is 224 g/mol. The number of nitrogen functional groups attached to an aromatic ring is 1. The van der Waals surface area contributed by atoms with E-state index < -0.39 is 0 Å². The number of hydrogen-bond donors (Lipinski definition) is 2. The van der Waals surface area contributed by atoms with Crippen LogP contribution in [0.2, 0.25) is 0 Å². The molecular weight excluding hydrogens is 204 g/mol. The van der Waals surface area contributed by atoms with Gasteiger partial charge in [0.05, 0.1) is 7.11 Å². The molecule has 0 aliphatic heterocycles. The summed E-state index contributed by atoms with van der Waals surface area (Å²) in [6.45, 7) is 6.39. The summed E-state index contributed by atoms with van der Waals surface area (Å²) in [5.74, 6) is 1.51. The third-order valence-electron chi connectivity index (χ3n) is 2.37. The average Bonchev–Trinajstić information content (AvgIpc) is 2.17. The molecule has 0 saturated carbocycles. The quantitative estimate of drug-likeness (QED) is 0.800. The van der Waals surface area contributed by atoms with Crippen LogP contribution in [0.4, 0.5) is 11.6 Å². The minimum absolute atomic E-state index is 0.0389. The molecule has 1 heterocycles. The average molecular weight is 224 g/mol. The standard InChI is InChI=1S/C11H20N4O/c1-5-6-11(2,3)15-10-8(16-4)9(12)13-7-14-10/h7H,5-6H2,1-4H3,(H3,12,13,14,15). The fourth-order valence-corrected chi connectivity index (χ4v) is 1.69. The SMILES string of the molecule is CCCC(C)(C)Nc1ncnc(N)c1OC. The van der Waals surface area contributed by atoms with Gasteiger partial charge in [0.15, 0.2) is 11.6 Å². The minimum atomic E-state index is -0.0389. The van der Waals surface area contributed by atoms with Crippen molar-refractivity contribution in [3.8, 4) is 5.75 Å². The van der Waals surface area contributed by atoms with Gasteiger partial charge in [-0.3, -0.25) is 0 Å². The van der Waals surface area contributed by atoms with Gasteiger partial charge in [-0.05, 0) is 20.3 Å². The van der Waals surface area contributed by atoms with Crippen LogP contribution in [0.25, 0.3) is 0 Å². The van der Waals surface area contributed by atoms with E-state index in [1.165, 1.54) is 6.33 Å². The number of rotatable bonds is 5. The van der Waals surface area contributed by atoms with Crippen LogP contribution in [-0.2, 0) is 0 Å². The van der Waals surface area contributed by atoms with Crippen LogP contribution >= 0.6 is 0 Å². The number of anilines is 2. The molecule has 1 aromatic rings. The Morgan fingerprint density at radius 3 is 2.69 bits per heavy atom. The van der Waals surface area contributed by atoms with E-state index in [0.717, 1.165) is 12.8 Å². The molecule has 0 unspecified atom stereocenters. The highest BCUT2D eigenvalue weighted by Gasteiger charge is 2.20. The number of nitrogens with one attached hydrogen (secondary N) is 1. The summed E-state index contributed by atoms with van der Waals surface area (Å²) in [5, 5.41) is 3.32. The summed E-state index contributed by atoms with van der Waals surface area (Å²) < 4.78 is 5.19. The third kappa shape index (κ3) is 2.98. The molecule has 0 aromatic carbocycles. The summed E-state index contributed by atoms with van der Waals surface area (Å²) in [6.07, 6.45) is 3.57. The molecule has 5 heteroatoms. The molecule has 5 nitrogen and oxygen atoms in total. The molecule has 0 atom stereocenters. The van der Waals surface area contributed by atoms with Gasteiger partial charge in [-0.1, -0.05) is 13.3 Å². The van der Waals surface area contributed by atoms with Gasteiger partial charge in [0.1, 0.15) is 6.33 Å². The molecule has 16 heavy (non-hydrogen) atoms. The molecule has 0 radical (unpaired) electrons. The maximum absolute atomic E-state index is 5.71. The molecule has 0 bridgehead atoms. The highest BCUT2D eigenvalue weighted by Crippen LogP contribution is 2.29. The first-order valence-electron chi connectivity index (χ1n) is 5.43. The second kappa shape index (κ2) is 5.01. The second-order valence-electron chi connectivity index (χ2n) is 4.40. The van der Waals surface area contributed by atoms with Gasteiger partial charge < -0.3 is 15.8 Å². The normalized spacial score (nSPS) is 11.2. The van der Waals surface area contributed by atoms with Crippen molar-refractivity contribution in [2.45, 2.75) is 39.2 Å². The summed E-state index contributed by atoms with van der Waals surface area (Å²) in [7, 11) is 1.56. The lowest BCUT2D eigenvalue weighted by molar-refractivity contribution is 0.411. The third-order valence-corrected chi connectivity index (χ3v) is 2.37. The maximum atomic E-state index is 5.71. The first-order valence-corrected chi connectivity index (χ1v) is 5.43. The van der Waals surface area contributed by atoms with Crippen LogP contribution in [0, 0.1) is 0 Å². The van der Waals surface area contributed by atoms with Gasteiger partial charge in [-0.25, -0.2) is 9.97 Å². The van der Waals surface area contributed by atoms with E-state index in [-0.39, 0.29) is 5.54 Å². The van der Waals surface area contributed by atoms with Gasteiger partial charge in [0.25, 0.3) is 0 Å². The lowest BCUT2D eigenvalue weighted by Crippen LogP contribution is -2.31. The zero-order valence-corrected chi connectivity index (χ0v) is 10.4. The van der Waals surface area contributed by atoms with Gasteiger partial charge in [0.2, 0.25) is 5.75 Å². The number of methoxy groups -OCH3 is 1. The van der Waals surface area contributed by atoms with Crippen molar-refractivity contribution in [3.63, 3.8) is 0 Å². The number of ether oxygens (including phenoxy) is 1. The topological polar surface area (TPSA) is 73.1 Å². The van der Waals surface area contributed by atoms with Crippen molar-refractivity contribution in [2.75, 3.05) is 18.2 Å². The zero-order valence-electron chi connectivity index (χ0n) is 10.4. The Kier molecular flexibility index (Phi) is 3.93. The molecule has 0 amide bonds. The summed E-state index contributed by atoms with van der Waals surface area (Å²) >= 11 is 0. The summed E-state index contributed by atoms with van der Waals surface area (Å²) in [4.78, 5) is 8.04. The molecule has 0 spiro atoms. The van der Waals surface area contributed by atoms with Crippen molar-refractivity contribution < 1.29 is 4.74 Å². The Morgan fingerprint density at radius 1 is 1.44 bits per heavy atom. The molecule has 0 aliphatic carbocycles. The Morgan fingerprint density at radius 2 is 2.12 bits per heavy atom. The molecule has 1 aromatic heterocycles. The van der Waals surface area contributed by atoms with Gasteiger partial charge in [0, 0.05) is 5.54 Å². The Balaban J connectivity index is 2.92. The van der Waals surface area contributed by atoms with E-state index >= 15 is 0 Å². The first kappa shape index (κ1) is 12.5. The van der Waals surface area contributed by atoms with E-state index in [4.69, 9.17) is 10.5 Å². The van der Waals surface area contributed by atoms with Crippen molar-refractivity contribution >= 4 is 11.6 Å². The van der Waals surface area contributed by atoms with Gasteiger partial charge >= 0.3 is 0 Å². The van der Waals surface area contributed by atoms with Crippen LogP contribution in [-0.4, -0.2) is 22.6 Å². The largest absolute Gasteiger partial charge is 0.490 e. The number of hydrogen-bond acceptors (Lipinski definition) is 5. The number of nitrogens with zero attached hydrogens (tertiary/aromatic N) is 2. The lowest BCUT2D eigenvalue weighted by Gasteiger charge is -2.27. The highest BCUT2D eigenvalue weighted by molar-refractivity contribution is 5.62. The Hall–Kier alpha value is -1.52. The molecule has 90 valence electrons. The van der Waals surface area contributed by atoms with E-state index in [0.29, 0.717) is 17.4 Å². The summed E-state index contributed by atoms with van der Waals surface area (Å²) in [6, 6.07) is 0. The van der Waals surface area contributed by atoms with Crippen LogP contribution in [0.3, 0.4) is 0 Å². The van der Waals surface area contributed by atoms with Crippen LogP contribution in [0.5, 0.6) is 5.75 Å². The van der Waals surface area contributed by atoms with E-state index in [1.54, 1.807) is 7.11 Å². The summed E-state index contributed by atoms with van der Waals surface area (Å²) in [5.41, 5.74) is 5.67. The fourth-order valence-electron chi connectivity index (χ4n) is 1.69. The van der Waals surface area contributed by atoms with E-state index in [9.17, 15) is 0 Å². The highest BCUT2D eigenvalue weighted by atomic mass is 16.5. The molecule has 0 fully saturated rings. The smallest absolute Gasteiger partial charge is 0.203 e. The zero-order chi connectivity index (χ0) is 12.2. The van der Waals surface area contributed by atoms with Crippen molar-refractivity contribution in [3.05, 3.63) is 6.33 Å². The first-order chi connectivity index (χ1) is 7.50. The number of nitrogens with two attached hydrogens (primary N) is 1. The predicted octanol–water partition coefficient (Wildman–Crippen LogP) is 2.06. The maximum Gasteiger partial charge on any atom is 0.203 e. The molecule has 1 rings (SSSR count). The molecule has 3 N–H and O–H groups in total. The predicted molar refractivity (Wildman–Crippen MR) is 65.6 cm³/mol. The van der Waals surface area contributed by atoms with Crippen LogP contribution < -0.4 is 15.8 Å². The number of aromatic nitrogens is 2. The van der Waals surface area contributed by atoms with Crippen molar-refractivity contribution in [1.82, 2.24) is 9.97 Å². The van der Waals surface area contributed by atoms with Gasteiger partial charge in [-0.15, -0.1) is 0 Å². The van der Waals surface area contributed by atoms with Crippen molar-refractivity contribution in [1.29, 1.82) is 0 Å². The Bertz CT molecular complexity index is 352. The Labute approximate surface area is 96.4 Å². The van der Waals surface area contributed by atoms with Crippen molar-refractivity contribution in [2.24, 2.45) is 0 Å². The van der Waals surface area contributed by atoms with Crippen LogP contribution in [0.15, 0.2) is 6.33 Å². The fraction of sp³-hybridized carbons (Fsp3) is 0.636. The molecular formula is C11H20N4O. The van der Waals surface area contributed by atoms with Crippen LogP contribution in [0.1, 0.15) is 33.6 Å². The van der Waals surface area contributed by atoms with E-state index in [2.05, 4.69) is 36.1 Å². The minimum Gasteiger partial charge on any atom is -0.490 e. The molecule has 0 aliphatic rings. The molecule has 0 saturated heterocycles. The van der Waals surface area contributed by atoms with E-state index in [1.807, 2.05) is 0 Å². The second-order valence-corrected chi connectivity index (χ2v) is 4.40. The lowest BCUT2D eigenvalue weighted by atomic mass is 9.99.